The highest BCUT2D eigenvalue weighted by Gasteiger charge is 2.26. The fourth-order valence-electron chi connectivity index (χ4n) is 1.77. The molecule has 1 aromatic rings. The second kappa shape index (κ2) is 6.71. The molecule has 0 spiro atoms. The van der Waals surface area contributed by atoms with Crippen molar-refractivity contribution >= 4 is 39.2 Å². The number of hydrogen-bond acceptors (Lipinski definition) is 7. The number of halogens is 1. The van der Waals surface area contributed by atoms with Crippen LogP contribution in [0.2, 0.25) is 5.02 Å². The first-order chi connectivity index (χ1) is 10.7. The van der Waals surface area contributed by atoms with Crippen molar-refractivity contribution < 1.29 is 32.6 Å². The van der Waals surface area contributed by atoms with Gasteiger partial charge in [-0.05, 0) is 6.07 Å². The van der Waals surface area contributed by atoms with Crippen LogP contribution in [0.4, 0.5) is 5.69 Å². The predicted octanol–water partition coefficient (Wildman–Crippen LogP) is -0.517. The lowest BCUT2D eigenvalue weighted by molar-refractivity contribution is -0.149. The molecule has 2 rings (SSSR count). The highest BCUT2D eigenvalue weighted by Crippen LogP contribution is 2.35. The number of ether oxygens (including phenoxy) is 2. The topological polar surface area (TPSA) is 131 Å². The molecule has 0 bridgehead atoms. The number of aliphatic hydroxyl groups is 1. The van der Waals surface area contributed by atoms with Crippen LogP contribution in [0.1, 0.15) is 0 Å². The Labute approximate surface area is 136 Å². The zero-order chi connectivity index (χ0) is 17.2. The molecule has 9 nitrogen and oxygen atoms in total. The molecule has 1 aromatic carbocycles. The first-order valence-electron chi connectivity index (χ1n) is 6.26. The van der Waals surface area contributed by atoms with Crippen LogP contribution in [-0.2, 0) is 24.3 Å². The van der Waals surface area contributed by atoms with Crippen molar-refractivity contribution in [3.05, 3.63) is 17.2 Å². The predicted molar refractivity (Wildman–Crippen MR) is 78.8 cm³/mol. The molecule has 1 aliphatic rings. The largest absolute Gasteiger partial charge is 0.482 e. The molecule has 0 saturated carbocycles. The number of fused-ring (bicyclic) bond motifs is 1. The van der Waals surface area contributed by atoms with Gasteiger partial charge < -0.3 is 19.9 Å². The minimum atomic E-state index is -4.12. The zero-order valence-electron chi connectivity index (χ0n) is 11.8. The zero-order valence-corrected chi connectivity index (χ0v) is 13.4. The molecule has 0 aromatic heterocycles. The van der Waals surface area contributed by atoms with Crippen LogP contribution < -0.4 is 14.8 Å². The molecule has 11 heteroatoms. The van der Waals surface area contributed by atoms with Gasteiger partial charge in [-0.15, -0.1) is 0 Å². The number of amides is 1. The third kappa shape index (κ3) is 3.91. The van der Waals surface area contributed by atoms with Crippen molar-refractivity contribution in [3.63, 3.8) is 0 Å². The van der Waals surface area contributed by atoms with Crippen molar-refractivity contribution in [1.82, 2.24) is 4.72 Å². The number of rotatable bonds is 5. The summed E-state index contributed by atoms with van der Waals surface area (Å²) in [5.74, 6) is -1.22. The Morgan fingerprint density at radius 1 is 1.57 bits per heavy atom. The number of methoxy groups -OCH3 is 1. The molecule has 0 radical (unpaired) electrons. The van der Waals surface area contributed by atoms with Crippen LogP contribution in [0.3, 0.4) is 0 Å². The maximum atomic E-state index is 12.2. The van der Waals surface area contributed by atoms with Gasteiger partial charge in [-0.1, -0.05) is 11.6 Å². The summed E-state index contributed by atoms with van der Waals surface area (Å²) >= 11 is 5.92. The van der Waals surface area contributed by atoms with Crippen LogP contribution in [0.5, 0.6) is 5.75 Å². The van der Waals surface area contributed by atoms with E-state index in [1.807, 2.05) is 4.72 Å². The average molecular weight is 365 g/mol. The van der Waals surface area contributed by atoms with E-state index >= 15 is 0 Å². The van der Waals surface area contributed by atoms with Gasteiger partial charge in [-0.2, -0.15) is 0 Å². The molecule has 0 unspecified atom stereocenters. The molecule has 23 heavy (non-hydrogen) atoms. The van der Waals surface area contributed by atoms with Crippen LogP contribution in [0.25, 0.3) is 0 Å². The number of esters is 1. The second-order valence-electron chi connectivity index (χ2n) is 4.51. The van der Waals surface area contributed by atoms with Gasteiger partial charge in [-0.25, -0.2) is 17.9 Å². The van der Waals surface area contributed by atoms with Crippen molar-refractivity contribution in [2.45, 2.75) is 11.0 Å². The van der Waals surface area contributed by atoms with Crippen LogP contribution in [0, 0.1) is 0 Å². The molecule has 1 heterocycles. The van der Waals surface area contributed by atoms with E-state index in [0.717, 1.165) is 13.2 Å². The first-order valence-corrected chi connectivity index (χ1v) is 8.12. The van der Waals surface area contributed by atoms with Crippen molar-refractivity contribution in [2.24, 2.45) is 0 Å². The van der Waals surface area contributed by atoms with E-state index in [9.17, 15) is 23.1 Å². The van der Waals surface area contributed by atoms with E-state index in [1.54, 1.807) is 0 Å². The summed E-state index contributed by atoms with van der Waals surface area (Å²) in [6.45, 7) is -0.831. The number of carbonyl (C=O) groups is 2. The summed E-state index contributed by atoms with van der Waals surface area (Å²) in [5.41, 5.74) is 0.250. The van der Waals surface area contributed by atoms with E-state index in [-0.39, 0.29) is 33.9 Å². The Morgan fingerprint density at radius 3 is 2.91 bits per heavy atom. The van der Waals surface area contributed by atoms with E-state index < -0.39 is 28.6 Å². The molecule has 1 aliphatic heterocycles. The Balaban J connectivity index is 2.23. The lowest BCUT2D eigenvalue weighted by Crippen LogP contribution is -2.37. The quantitative estimate of drug-likeness (QED) is 0.599. The molecule has 0 fully saturated rings. The number of nitrogens with one attached hydrogen (secondary N) is 2. The lowest BCUT2D eigenvalue weighted by Gasteiger charge is -2.19. The van der Waals surface area contributed by atoms with E-state index in [0.29, 0.717) is 0 Å². The molecule has 0 aliphatic carbocycles. The smallest absolute Gasteiger partial charge is 0.336 e. The Morgan fingerprint density at radius 2 is 2.26 bits per heavy atom. The summed E-state index contributed by atoms with van der Waals surface area (Å²) in [5, 5.41) is 11.7. The minimum Gasteiger partial charge on any atom is -0.482 e. The normalized spacial score (nSPS) is 15.2. The number of benzene rings is 1. The van der Waals surface area contributed by atoms with Crippen LogP contribution >= 0.6 is 11.6 Å². The van der Waals surface area contributed by atoms with E-state index in [4.69, 9.17) is 16.3 Å². The van der Waals surface area contributed by atoms with Crippen LogP contribution in [-0.4, -0.2) is 51.8 Å². The fraction of sp³-hybridized carbons (Fsp3) is 0.333. The van der Waals surface area contributed by atoms with Crippen molar-refractivity contribution in [3.8, 4) is 5.75 Å². The molecular weight excluding hydrogens is 352 g/mol. The summed E-state index contributed by atoms with van der Waals surface area (Å²) in [6, 6.07) is 2.38. The fourth-order valence-corrected chi connectivity index (χ4v) is 3.35. The summed E-state index contributed by atoms with van der Waals surface area (Å²) < 4.78 is 35.9. The Bertz CT molecular complexity index is 750. The summed E-state index contributed by atoms with van der Waals surface area (Å²) in [6.07, 6.45) is -1.65. The SMILES string of the molecule is COC(=O)[C@@H](O)CNS(=O)(=O)c1cc2c(cc1Cl)NC(=O)CO2. The Hall–Kier alpha value is -1.88. The molecule has 3 N–H and O–H groups in total. The highest BCUT2D eigenvalue weighted by molar-refractivity contribution is 7.89. The van der Waals surface area contributed by atoms with Gasteiger partial charge in [0.25, 0.3) is 5.91 Å². The minimum absolute atomic E-state index is 0.142. The van der Waals surface area contributed by atoms with E-state index in [2.05, 4.69) is 10.1 Å². The van der Waals surface area contributed by atoms with Gasteiger partial charge in [0.1, 0.15) is 10.6 Å². The number of aliphatic hydroxyl groups excluding tert-OH is 1. The van der Waals surface area contributed by atoms with Gasteiger partial charge in [0.2, 0.25) is 10.0 Å². The lowest BCUT2D eigenvalue weighted by atomic mass is 10.2. The first kappa shape index (κ1) is 17.5. The number of hydrogen-bond donors (Lipinski definition) is 3. The molecule has 0 saturated heterocycles. The van der Waals surface area contributed by atoms with Gasteiger partial charge >= 0.3 is 5.97 Å². The Kier molecular flexibility index (Phi) is 5.09. The molecular formula is C12H13ClN2O7S. The monoisotopic (exact) mass is 364 g/mol. The van der Waals surface area contributed by atoms with Gasteiger partial charge in [-0.3, -0.25) is 4.79 Å². The maximum absolute atomic E-state index is 12.2. The number of sulfonamides is 1. The molecule has 1 amide bonds. The molecule has 1 atom stereocenters. The third-order valence-corrected chi connectivity index (χ3v) is 4.78. The molecule has 126 valence electrons. The standard InChI is InChI=1S/C12H13ClN2O7S/c1-21-12(18)8(16)4-14-23(19,20)10-3-9-7(2-6(10)13)15-11(17)5-22-9/h2-3,8,14,16H,4-5H2,1H3,(H,15,17)/t8-/m0/s1. The number of anilines is 1. The van der Waals surface area contributed by atoms with Crippen molar-refractivity contribution in [1.29, 1.82) is 0 Å². The van der Waals surface area contributed by atoms with Gasteiger partial charge in [0, 0.05) is 12.6 Å². The van der Waals surface area contributed by atoms with Gasteiger partial charge in [0.05, 0.1) is 17.8 Å². The average Bonchev–Trinajstić information content (AvgIpc) is 2.50. The van der Waals surface area contributed by atoms with Crippen molar-refractivity contribution in [2.75, 3.05) is 25.6 Å². The van der Waals surface area contributed by atoms with Gasteiger partial charge in [0.15, 0.2) is 12.7 Å². The highest BCUT2D eigenvalue weighted by atomic mass is 35.5. The second-order valence-corrected chi connectivity index (χ2v) is 6.65. The van der Waals surface area contributed by atoms with E-state index in [1.165, 1.54) is 6.07 Å². The van der Waals surface area contributed by atoms with Crippen LogP contribution in [0.15, 0.2) is 17.0 Å². The summed E-state index contributed by atoms with van der Waals surface area (Å²) in [7, 11) is -3.06. The summed E-state index contributed by atoms with van der Waals surface area (Å²) in [4.78, 5) is 22.0. The number of carbonyl (C=O) groups excluding carboxylic acids is 2. The third-order valence-electron chi connectivity index (χ3n) is 2.90. The maximum Gasteiger partial charge on any atom is 0.336 e.